The van der Waals surface area contributed by atoms with E-state index in [0.29, 0.717) is 10.6 Å². The largest absolute Gasteiger partial charge is 0.288 e. The summed E-state index contributed by atoms with van der Waals surface area (Å²) in [6.07, 6.45) is 0.185. The molecule has 0 heterocycles. The minimum atomic E-state index is -3.38. The first kappa shape index (κ1) is 21.1. The van der Waals surface area contributed by atoms with Crippen molar-refractivity contribution < 1.29 is 4.57 Å². The molecule has 4 aromatic carbocycles. The van der Waals surface area contributed by atoms with Gasteiger partial charge in [0, 0.05) is 17.7 Å². The summed E-state index contributed by atoms with van der Waals surface area (Å²) in [4.78, 5) is 0. The van der Waals surface area contributed by atoms with Crippen molar-refractivity contribution in [2.24, 2.45) is 4.52 Å². The lowest BCUT2D eigenvalue weighted by atomic mass is 10.4. The van der Waals surface area contributed by atoms with Crippen LogP contribution in [0.3, 0.4) is 0 Å². The van der Waals surface area contributed by atoms with E-state index >= 15 is 0 Å². The minimum absolute atomic E-state index is 0.185. The molecule has 0 aliphatic rings. The van der Waals surface area contributed by atoms with Gasteiger partial charge in [-0.25, -0.2) is 4.52 Å². The number of hydrogen-bond donors (Lipinski definition) is 0. The van der Waals surface area contributed by atoms with E-state index in [2.05, 4.69) is 6.07 Å². The van der Waals surface area contributed by atoms with Gasteiger partial charge < -0.3 is 0 Å². The van der Waals surface area contributed by atoms with Gasteiger partial charge in [-0.15, -0.1) is 0 Å². The second kappa shape index (κ2) is 9.32. The van der Waals surface area contributed by atoms with Crippen LogP contribution >= 0.6 is 14.3 Å². The van der Waals surface area contributed by atoms with Gasteiger partial charge in [-0.1, -0.05) is 97.1 Å². The average Bonchev–Trinajstić information content (AvgIpc) is 2.86. The summed E-state index contributed by atoms with van der Waals surface area (Å²) in [6.45, 7) is 0. The van der Waals surface area contributed by atoms with Crippen LogP contribution in [0.1, 0.15) is 0 Å². The Labute approximate surface area is 183 Å². The third kappa shape index (κ3) is 4.19. The van der Waals surface area contributed by atoms with E-state index in [0.717, 1.165) is 10.6 Å². The van der Waals surface area contributed by atoms with E-state index in [1.54, 1.807) is 0 Å². The van der Waals surface area contributed by atoms with E-state index in [1.165, 1.54) is 0 Å². The predicted octanol–water partition coefficient (Wildman–Crippen LogP) is 5.29. The minimum Gasteiger partial charge on any atom is -0.288 e. The Kier molecular flexibility index (Phi) is 6.34. The van der Waals surface area contributed by atoms with E-state index < -0.39 is 14.3 Å². The van der Waals surface area contributed by atoms with Gasteiger partial charge in [0.1, 0.15) is 0 Å². The van der Waals surface area contributed by atoms with Crippen LogP contribution in [0.2, 0.25) is 0 Å². The number of nitrogens with zero attached hydrogens (tertiary/aromatic N) is 2. The molecule has 0 atom stereocenters. The Hall–Kier alpha value is -3.17. The van der Waals surface area contributed by atoms with Crippen LogP contribution in [0.15, 0.2) is 126 Å². The smallest absolute Gasteiger partial charge is 0.246 e. The Morgan fingerprint density at radius 2 is 0.903 bits per heavy atom. The molecule has 0 amide bonds. The first-order chi connectivity index (χ1) is 15.2. The van der Waals surface area contributed by atoms with E-state index in [9.17, 15) is 9.83 Å². The molecule has 0 saturated carbocycles. The van der Waals surface area contributed by atoms with Crippen molar-refractivity contribution in [3.05, 3.63) is 121 Å². The molecule has 0 radical (unpaired) electrons. The maximum absolute atomic E-state index is 14.8. The van der Waals surface area contributed by atoms with Crippen LogP contribution in [0, 0.1) is 11.3 Å². The van der Waals surface area contributed by atoms with Gasteiger partial charge in [-0.2, -0.15) is 5.26 Å². The standard InChI is InChI=1S/C26H22N2OP2/c27-21-22-30(23-13-5-1-6-14-23,24-15-7-2-8-16-24)28-31(29,25-17-9-3-10-18-25)26-19-11-4-12-20-26/h1-20H,22H2. The zero-order valence-electron chi connectivity index (χ0n) is 17.0. The topological polar surface area (TPSA) is 53.2 Å². The molecule has 0 unspecified atom stereocenters. The lowest BCUT2D eigenvalue weighted by Crippen LogP contribution is -2.21. The Bertz CT molecular complexity index is 1200. The summed E-state index contributed by atoms with van der Waals surface area (Å²) < 4.78 is 20.1. The monoisotopic (exact) mass is 440 g/mol. The van der Waals surface area contributed by atoms with Crippen molar-refractivity contribution in [1.29, 1.82) is 5.26 Å². The lowest BCUT2D eigenvalue weighted by molar-refractivity contribution is 0.588. The van der Waals surface area contributed by atoms with Crippen LogP contribution < -0.4 is 21.2 Å². The zero-order chi connectivity index (χ0) is 21.6. The molecular formula is C26H22N2OP2. The molecule has 0 aliphatic carbocycles. The normalized spacial score (nSPS) is 11.5. The maximum Gasteiger partial charge on any atom is 0.246 e. The molecule has 0 saturated heterocycles. The van der Waals surface area contributed by atoms with E-state index in [1.807, 2.05) is 121 Å². The average molecular weight is 440 g/mol. The molecule has 0 aromatic heterocycles. The third-order valence-electron chi connectivity index (χ3n) is 5.16. The van der Waals surface area contributed by atoms with Crippen LogP contribution in [0.5, 0.6) is 0 Å². The summed E-state index contributed by atoms with van der Waals surface area (Å²) in [7, 11) is -6.04. The highest BCUT2D eigenvalue weighted by Crippen LogP contribution is 2.59. The summed E-state index contributed by atoms with van der Waals surface area (Å²) >= 11 is 0. The second-order valence-electron chi connectivity index (χ2n) is 7.09. The summed E-state index contributed by atoms with van der Waals surface area (Å²) in [5, 5.41) is 13.2. The molecule has 0 spiro atoms. The van der Waals surface area contributed by atoms with Crippen molar-refractivity contribution >= 4 is 35.6 Å². The molecule has 4 rings (SSSR count). The SMILES string of the molecule is N#CCP(=NP(=O)(c1ccccc1)c1ccccc1)(c1ccccc1)c1ccccc1. The Morgan fingerprint density at radius 1 is 0.581 bits per heavy atom. The van der Waals surface area contributed by atoms with Gasteiger partial charge in [0.05, 0.1) is 12.2 Å². The van der Waals surface area contributed by atoms with Crippen LogP contribution in [-0.2, 0) is 4.57 Å². The van der Waals surface area contributed by atoms with Crippen molar-refractivity contribution in [1.82, 2.24) is 0 Å². The Morgan fingerprint density at radius 3 is 1.23 bits per heavy atom. The molecule has 152 valence electrons. The zero-order valence-corrected chi connectivity index (χ0v) is 18.7. The highest BCUT2D eigenvalue weighted by atomic mass is 31.2. The molecule has 0 N–H and O–H groups in total. The van der Waals surface area contributed by atoms with Crippen LogP contribution in [-0.4, -0.2) is 6.16 Å². The molecule has 31 heavy (non-hydrogen) atoms. The van der Waals surface area contributed by atoms with Gasteiger partial charge in [0.2, 0.25) is 7.29 Å². The van der Waals surface area contributed by atoms with Crippen molar-refractivity contribution in [3.8, 4) is 6.07 Å². The summed E-state index contributed by atoms with van der Waals surface area (Å²) in [6, 6.07) is 40.9. The lowest BCUT2D eigenvalue weighted by Gasteiger charge is -2.27. The fourth-order valence-corrected chi connectivity index (χ4v) is 10.9. The molecule has 5 heteroatoms. The van der Waals surface area contributed by atoms with Crippen molar-refractivity contribution in [2.45, 2.75) is 0 Å². The first-order valence-electron chi connectivity index (χ1n) is 10.0. The fourth-order valence-electron chi connectivity index (χ4n) is 3.65. The van der Waals surface area contributed by atoms with Gasteiger partial charge in [0.25, 0.3) is 0 Å². The number of rotatable bonds is 6. The third-order valence-corrected chi connectivity index (χ3v) is 12.3. The highest BCUT2D eigenvalue weighted by Gasteiger charge is 2.33. The van der Waals surface area contributed by atoms with Gasteiger partial charge in [-0.3, -0.25) is 4.57 Å². The number of hydrogen-bond acceptors (Lipinski definition) is 2. The molecule has 0 bridgehead atoms. The Balaban J connectivity index is 2.13. The van der Waals surface area contributed by atoms with Crippen molar-refractivity contribution in [2.75, 3.05) is 6.16 Å². The molecule has 4 aromatic rings. The van der Waals surface area contributed by atoms with Gasteiger partial charge >= 0.3 is 0 Å². The highest BCUT2D eigenvalue weighted by molar-refractivity contribution is 7.89. The van der Waals surface area contributed by atoms with E-state index in [-0.39, 0.29) is 6.16 Å². The van der Waals surface area contributed by atoms with Crippen LogP contribution in [0.4, 0.5) is 0 Å². The predicted molar refractivity (Wildman–Crippen MR) is 132 cm³/mol. The van der Waals surface area contributed by atoms with Crippen molar-refractivity contribution in [3.63, 3.8) is 0 Å². The molecule has 0 fully saturated rings. The fraction of sp³-hybridized carbons (Fsp3) is 0.0385. The quantitative estimate of drug-likeness (QED) is 0.383. The molecular weight excluding hydrogens is 418 g/mol. The number of benzene rings is 4. The summed E-state index contributed by atoms with van der Waals surface area (Å²) in [5.41, 5.74) is 0. The van der Waals surface area contributed by atoms with Gasteiger partial charge in [-0.05, 0) is 34.9 Å². The second-order valence-corrected chi connectivity index (χ2v) is 12.9. The van der Waals surface area contributed by atoms with Crippen LogP contribution in [0.25, 0.3) is 0 Å². The molecule has 3 nitrogen and oxygen atoms in total. The maximum atomic E-state index is 14.8. The first-order valence-corrected chi connectivity index (χ1v) is 13.6. The summed E-state index contributed by atoms with van der Waals surface area (Å²) in [5.74, 6) is 0. The number of nitriles is 1. The van der Waals surface area contributed by atoms with E-state index in [4.69, 9.17) is 4.52 Å². The molecule has 0 aliphatic heterocycles. The van der Waals surface area contributed by atoms with Gasteiger partial charge in [0.15, 0.2) is 0 Å².